The minimum absolute atomic E-state index is 0.00695. The van der Waals surface area contributed by atoms with Gasteiger partial charge >= 0.3 is 5.97 Å². The molecule has 1 fully saturated rings. The van der Waals surface area contributed by atoms with Crippen molar-refractivity contribution in [2.24, 2.45) is 0 Å². The molecule has 7 nitrogen and oxygen atoms in total. The molecule has 0 atom stereocenters. The van der Waals surface area contributed by atoms with E-state index in [1.54, 1.807) is 21.9 Å². The molecule has 1 aliphatic rings. The Morgan fingerprint density at radius 2 is 1.67 bits per heavy atom. The Morgan fingerprint density at radius 3 is 2.33 bits per heavy atom. The van der Waals surface area contributed by atoms with E-state index in [4.69, 9.17) is 4.74 Å². The minimum atomic E-state index is -0.512. The maximum Gasteiger partial charge on any atom is 0.340 e. The maximum atomic E-state index is 12.7. The molecule has 1 saturated heterocycles. The van der Waals surface area contributed by atoms with Gasteiger partial charge in [0.15, 0.2) is 6.61 Å². The Kier molecular flexibility index (Phi) is 6.65. The zero-order valence-corrected chi connectivity index (χ0v) is 19.9. The van der Waals surface area contributed by atoms with Crippen molar-refractivity contribution in [1.82, 2.24) is 14.4 Å². The predicted octanol–water partition coefficient (Wildman–Crippen LogP) is 3.61. The molecule has 0 radical (unpaired) electrons. The van der Waals surface area contributed by atoms with Crippen LogP contribution in [-0.2, 0) is 9.53 Å². The number of carbonyl (C=O) groups excluding carboxylic acids is 3. The molecule has 1 aliphatic heterocycles. The molecule has 1 aromatic carbocycles. The molecule has 0 saturated carbocycles. The molecule has 8 heteroatoms. The number of aromatic nitrogens is 1. The third-order valence-corrected chi connectivity index (χ3v) is 6.75. The van der Waals surface area contributed by atoms with Crippen LogP contribution < -0.4 is 0 Å². The Balaban J connectivity index is 1.33. The van der Waals surface area contributed by atoms with E-state index in [-0.39, 0.29) is 18.4 Å². The predicted molar refractivity (Wildman–Crippen MR) is 127 cm³/mol. The van der Waals surface area contributed by atoms with Gasteiger partial charge in [-0.2, -0.15) is 0 Å². The van der Waals surface area contributed by atoms with Gasteiger partial charge in [-0.15, -0.1) is 11.3 Å². The highest BCUT2D eigenvalue weighted by molar-refractivity contribution is 7.12. The number of aryl methyl sites for hydroxylation is 2. The summed E-state index contributed by atoms with van der Waals surface area (Å²) in [4.78, 5) is 41.9. The van der Waals surface area contributed by atoms with Crippen LogP contribution in [0.5, 0.6) is 0 Å². The quantitative estimate of drug-likeness (QED) is 0.540. The highest BCUT2D eigenvalue weighted by Crippen LogP contribution is 2.22. The van der Waals surface area contributed by atoms with Gasteiger partial charge < -0.3 is 19.1 Å². The lowest BCUT2D eigenvalue weighted by atomic mass is 10.2. The fourth-order valence-electron chi connectivity index (χ4n) is 4.15. The standard InChI is InChI=1S/C25H27N3O4S/c1-17-6-4-7-20(14-17)28-18(2)15-21(19(28)3)25(31)32-16-23(29)26-9-11-27(12-10-26)24(30)22-8-5-13-33-22/h4-8,13-15H,9-12,16H2,1-3H3. The monoisotopic (exact) mass is 465 g/mol. The third kappa shape index (κ3) is 4.85. The molecule has 0 N–H and O–H groups in total. The van der Waals surface area contributed by atoms with Gasteiger partial charge in [-0.3, -0.25) is 9.59 Å². The number of carbonyl (C=O) groups is 3. The third-order valence-electron chi connectivity index (χ3n) is 5.89. The Hall–Kier alpha value is -3.39. The van der Waals surface area contributed by atoms with Gasteiger partial charge in [0.1, 0.15) is 0 Å². The fourth-order valence-corrected chi connectivity index (χ4v) is 4.84. The first-order valence-electron chi connectivity index (χ1n) is 10.9. The molecule has 4 rings (SSSR count). The second kappa shape index (κ2) is 9.62. The summed E-state index contributed by atoms with van der Waals surface area (Å²) in [5.41, 5.74) is 4.26. The van der Waals surface area contributed by atoms with Crippen LogP contribution in [0.15, 0.2) is 47.8 Å². The lowest BCUT2D eigenvalue weighted by molar-refractivity contribution is -0.136. The van der Waals surface area contributed by atoms with Gasteiger partial charge in [0.2, 0.25) is 0 Å². The van der Waals surface area contributed by atoms with Crippen molar-refractivity contribution >= 4 is 29.1 Å². The summed E-state index contributed by atoms with van der Waals surface area (Å²) in [7, 11) is 0. The van der Waals surface area contributed by atoms with Crippen LogP contribution >= 0.6 is 11.3 Å². The largest absolute Gasteiger partial charge is 0.452 e. The summed E-state index contributed by atoms with van der Waals surface area (Å²) in [5, 5.41) is 1.87. The fraction of sp³-hybridized carbons (Fsp3) is 0.320. The van der Waals surface area contributed by atoms with Crippen LogP contribution in [0.2, 0.25) is 0 Å². The summed E-state index contributed by atoms with van der Waals surface area (Å²) in [6.07, 6.45) is 0. The molecule has 172 valence electrons. The van der Waals surface area contributed by atoms with Crippen molar-refractivity contribution in [3.63, 3.8) is 0 Å². The van der Waals surface area contributed by atoms with E-state index in [1.165, 1.54) is 11.3 Å². The van der Waals surface area contributed by atoms with Crippen molar-refractivity contribution < 1.29 is 19.1 Å². The van der Waals surface area contributed by atoms with Crippen molar-refractivity contribution in [2.45, 2.75) is 20.8 Å². The normalized spacial score (nSPS) is 13.8. The summed E-state index contributed by atoms with van der Waals surface area (Å²) in [6.45, 7) is 7.31. The van der Waals surface area contributed by atoms with Gasteiger partial charge in [-0.05, 0) is 56.0 Å². The average Bonchev–Trinajstić information content (AvgIpc) is 3.45. The molecule has 33 heavy (non-hydrogen) atoms. The summed E-state index contributed by atoms with van der Waals surface area (Å²) < 4.78 is 7.37. The van der Waals surface area contributed by atoms with Gasteiger partial charge in [0, 0.05) is 43.3 Å². The van der Waals surface area contributed by atoms with E-state index in [2.05, 4.69) is 6.07 Å². The average molecular weight is 466 g/mol. The first-order chi connectivity index (χ1) is 15.8. The number of piperazine rings is 1. The van der Waals surface area contributed by atoms with Gasteiger partial charge in [0.05, 0.1) is 10.4 Å². The molecule has 0 unspecified atom stereocenters. The van der Waals surface area contributed by atoms with Crippen molar-refractivity contribution in [3.8, 4) is 5.69 Å². The number of nitrogens with zero attached hydrogens (tertiary/aromatic N) is 3. The molecule has 2 amide bonds. The van der Waals surface area contributed by atoms with Gasteiger partial charge in [0.25, 0.3) is 11.8 Å². The number of thiophene rings is 1. The number of hydrogen-bond acceptors (Lipinski definition) is 5. The van der Waals surface area contributed by atoms with Crippen LogP contribution in [0, 0.1) is 20.8 Å². The molecular weight excluding hydrogens is 438 g/mol. The van der Waals surface area contributed by atoms with Gasteiger partial charge in [-0.25, -0.2) is 4.79 Å². The van der Waals surface area contributed by atoms with Crippen molar-refractivity contribution in [2.75, 3.05) is 32.8 Å². The molecule has 0 bridgehead atoms. The smallest absolute Gasteiger partial charge is 0.340 e. The molecule has 0 aliphatic carbocycles. The Bertz CT molecular complexity index is 1170. The zero-order chi connectivity index (χ0) is 23.5. The second-order valence-corrected chi connectivity index (χ2v) is 9.13. The Morgan fingerprint density at radius 1 is 0.939 bits per heavy atom. The number of benzene rings is 1. The molecule has 2 aromatic heterocycles. The van der Waals surface area contributed by atoms with E-state index >= 15 is 0 Å². The summed E-state index contributed by atoms with van der Waals surface area (Å²) in [5.74, 6) is -0.770. The lowest BCUT2D eigenvalue weighted by Gasteiger charge is -2.34. The van der Waals surface area contributed by atoms with Crippen molar-refractivity contribution in [3.05, 3.63) is 75.2 Å². The van der Waals surface area contributed by atoms with E-state index in [0.717, 1.165) is 22.6 Å². The molecule has 0 spiro atoms. The first-order valence-corrected chi connectivity index (χ1v) is 11.8. The Labute approximate surface area is 197 Å². The van der Waals surface area contributed by atoms with E-state index in [9.17, 15) is 14.4 Å². The number of esters is 1. The molecule has 3 aromatic rings. The topological polar surface area (TPSA) is 71.8 Å². The van der Waals surface area contributed by atoms with Crippen LogP contribution in [0.4, 0.5) is 0 Å². The summed E-state index contributed by atoms with van der Waals surface area (Å²) >= 11 is 1.41. The van der Waals surface area contributed by atoms with E-state index < -0.39 is 5.97 Å². The van der Waals surface area contributed by atoms with Gasteiger partial charge in [-0.1, -0.05) is 18.2 Å². The maximum absolute atomic E-state index is 12.7. The second-order valence-electron chi connectivity index (χ2n) is 8.19. The number of ether oxygens (including phenoxy) is 1. The number of rotatable bonds is 5. The highest BCUT2D eigenvalue weighted by atomic mass is 32.1. The van der Waals surface area contributed by atoms with Crippen LogP contribution in [0.1, 0.15) is 37.0 Å². The number of amides is 2. The summed E-state index contributed by atoms with van der Waals surface area (Å²) in [6, 6.07) is 13.5. The number of hydrogen-bond donors (Lipinski definition) is 0. The first kappa shape index (κ1) is 22.8. The minimum Gasteiger partial charge on any atom is -0.452 e. The van der Waals surface area contributed by atoms with Crippen LogP contribution in [0.3, 0.4) is 0 Å². The molecular formula is C25H27N3O4S. The highest BCUT2D eigenvalue weighted by Gasteiger charge is 2.26. The van der Waals surface area contributed by atoms with Crippen LogP contribution in [-0.4, -0.2) is 64.9 Å². The van der Waals surface area contributed by atoms with Crippen LogP contribution in [0.25, 0.3) is 5.69 Å². The van der Waals surface area contributed by atoms with E-state index in [0.29, 0.717) is 36.6 Å². The molecule has 3 heterocycles. The zero-order valence-electron chi connectivity index (χ0n) is 19.0. The lowest BCUT2D eigenvalue weighted by Crippen LogP contribution is -2.51. The van der Waals surface area contributed by atoms with Crippen molar-refractivity contribution in [1.29, 1.82) is 0 Å². The van der Waals surface area contributed by atoms with E-state index in [1.807, 2.05) is 55.0 Å². The SMILES string of the molecule is Cc1cccc(-n2c(C)cc(C(=O)OCC(=O)N3CCN(C(=O)c4cccs4)CC3)c2C)c1.